The van der Waals surface area contributed by atoms with Gasteiger partial charge in [0.1, 0.15) is 0 Å². The van der Waals surface area contributed by atoms with E-state index in [2.05, 4.69) is 254 Å². The first-order valence-corrected chi connectivity index (χ1v) is 22.7. The number of anilines is 3. The van der Waals surface area contributed by atoms with Crippen LogP contribution in [0, 0.1) is 0 Å². The summed E-state index contributed by atoms with van der Waals surface area (Å²) in [6, 6.07) is 91.0. The molecule has 1 aromatic heterocycles. The molecule has 0 bridgehead atoms. The molecule has 12 rings (SSSR count). The van der Waals surface area contributed by atoms with Crippen LogP contribution < -0.4 is 4.90 Å². The highest BCUT2D eigenvalue weighted by atomic mass is 32.1. The highest BCUT2D eigenvalue weighted by Gasteiger charge is 2.21. The van der Waals surface area contributed by atoms with Gasteiger partial charge < -0.3 is 4.90 Å². The molecule has 0 N–H and O–H groups in total. The van der Waals surface area contributed by atoms with E-state index in [0.717, 1.165) is 22.6 Å². The summed E-state index contributed by atoms with van der Waals surface area (Å²) in [6.45, 7) is 0. The zero-order chi connectivity index (χ0) is 42.4. The summed E-state index contributed by atoms with van der Waals surface area (Å²) in [5.74, 6) is 0. The summed E-state index contributed by atoms with van der Waals surface area (Å²) >= 11 is 1.88. The third-order valence-electron chi connectivity index (χ3n) is 12.7. The van der Waals surface area contributed by atoms with Crippen LogP contribution in [0.4, 0.5) is 17.1 Å². The first-order valence-electron chi connectivity index (χ1n) is 21.9. The van der Waals surface area contributed by atoms with Gasteiger partial charge in [0.2, 0.25) is 0 Å². The summed E-state index contributed by atoms with van der Waals surface area (Å²) in [7, 11) is 0. The Morgan fingerprint density at radius 2 is 0.750 bits per heavy atom. The van der Waals surface area contributed by atoms with Gasteiger partial charge in [0.05, 0.1) is 5.69 Å². The molecule has 0 aliphatic heterocycles. The third-order valence-corrected chi connectivity index (χ3v) is 13.9. The van der Waals surface area contributed by atoms with Crippen molar-refractivity contribution in [3.05, 3.63) is 249 Å². The Morgan fingerprint density at radius 1 is 0.266 bits per heavy atom. The fourth-order valence-electron chi connectivity index (χ4n) is 9.52. The van der Waals surface area contributed by atoms with Crippen LogP contribution in [0.2, 0.25) is 0 Å². The standard InChI is InChI=1S/C62H41NS/c1-3-14-42(15-4-1)43-26-28-44(29-27-43)45-30-35-50(36-31-45)63(51-37-32-47(33-38-51)54-23-13-24-58-57-22-11-12-25-61(57)64-62(54)58)60-41-49(34-39-53(60)46-16-5-2-6-17-46)59-40-48-18-7-8-19-52(48)55-20-9-10-21-56(55)59/h1-41H. The molecule has 11 aromatic carbocycles. The monoisotopic (exact) mass is 831 g/mol. The summed E-state index contributed by atoms with van der Waals surface area (Å²) in [6.07, 6.45) is 0. The predicted molar refractivity (Wildman–Crippen MR) is 276 cm³/mol. The smallest absolute Gasteiger partial charge is 0.0546 e. The molecule has 12 aromatic rings. The van der Waals surface area contributed by atoms with Crippen molar-refractivity contribution in [3.8, 4) is 55.6 Å². The number of hydrogen-bond acceptors (Lipinski definition) is 2. The van der Waals surface area contributed by atoms with Crippen LogP contribution in [0.5, 0.6) is 0 Å². The van der Waals surface area contributed by atoms with Gasteiger partial charge in [-0.05, 0) is 114 Å². The summed E-state index contributed by atoms with van der Waals surface area (Å²) in [5, 5.41) is 7.63. The lowest BCUT2D eigenvalue weighted by Crippen LogP contribution is -2.11. The maximum absolute atomic E-state index is 2.45. The largest absolute Gasteiger partial charge is 0.310 e. The maximum Gasteiger partial charge on any atom is 0.0546 e. The molecule has 0 unspecified atom stereocenters. The van der Waals surface area contributed by atoms with Crippen LogP contribution >= 0.6 is 11.3 Å². The first-order chi connectivity index (χ1) is 31.7. The second-order valence-electron chi connectivity index (χ2n) is 16.4. The van der Waals surface area contributed by atoms with Crippen molar-refractivity contribution in [2.75, 3.05) is 4.90 Å². The molecule has 0 spiro atoms. The maximum atomic E-state index is 2.45. The van der Waals surface area contributed by atoms with E-state index in [9.17, 15) is 0 Å². The number of hydrogen-bond donors (Lipinski definition) is 0. The molecule has 0 saturated carbocycles. The normalized spacial score (nSPS) is 11.4. The minimum atomic E-state index is 1.08. The quantitative estimate of drug-likeness (QED) is 0.138. The highest BCUT2D eigenvalue weighted by Crippen LogP contribution is 2.46. The average Bonchev–Trinajstić information content (AvgIpc) is 3.76. The van der Waals surface area contributed by atoms with E-state index < -0.39 is 0 Å². The van der Waals surface area contributed by atoms with Gasteiger partial charge in [-0.2, -0.15) is 0 Å². The topological polar surface area (TPSA) is 3.24 Å². The molecule has 2 heteroatoms. The van der Waals surface area contributed by atoms with Gasteiger partial charge >= 0.3 is 0 Å². The molecule has 0 radical (unpaired) electrons. The van der Waals surface area contributed by atoms with Gasteiger partial charge in [-0.3, -0.25) is 0 Å². The van der Waals surface area contributed by atoms with Gasteiger partial charge in [0, 0.05) is 37.1 Å². The lowest BCUT2D eigenvalue weighted by atomic mass is 9.91. The van der Waals surface area contributed by atoms with Crippen LogP contribution in [-0.4, -0.2) is 0 Å². The second kappa shape index (κ2) is 16.0. The highest BCUT2D eigenvalue weighted by molar-refractivity contribution is 7.26. The number of thiophene rings is 1. The van der Waals surface area contributed by atoms with Crippen LogP contribution in [-0.2, 0) is 0 Å². The molecule has 0 aliphatic carbocycles. The molecule has 0 amide bonds. The number of benzene rings is 11. The summed E-state index contributed by atoms with van der Waals surface area (Å²) in [4.78, 5) is 2.45. The molecule has 1 heterocycles. The molecular formula is C62H41NS. The van der Waals surface area contributed by atoms with Gasteiger partial charge in [-0.1, -0.05) is 206 Å². The van der Waals surface area contributed by atoms with E-state index in [4.69, 9.17) is 0 Å². The fraction of sp³-hybridized carbons (Fsp3) is 0. The zero-order valence-corrected chi connectivity index (χ0v) is 35.8. The molecule has 0 atom stereocenters. The second-order valence-corrected chi connectivity index (χ2v) is 17.5. The first kappa shape index (κ1) is 37.7. The predicted octanol–water partition coefficient (Wildman–Crippen LogP) is 18.2. The van der Waals surface area contributed by atoms with Crippen molar-refractivity contribution in [3.63, 3.8) is 0 Å². The van der Waals surface area contributed by atoms with Crippen LogP contribution in [0.3, 0.4) is 0 Å². The molecule has 0 fully saturated rings. The SMILES string of the molecule is c1ccc(-c2ccc(-c3ccc(N(c4ccc(-c5cccc6c5sc5ccccc56)cc4)c4cc(-c5cc6ccccc6c6ccccc56)ccc4-c4ccccc4)cc3)cc2)cc1. The molecule has 300 valence electrons. The lowest BCUT2D eigenvalue weighted by molar-refractivity contribution is 1.28. The van der Waals surface area contributed by atoms with Crippen LogP contribution in [0.1, 0.15) is 0 Å². The van der Waals surface area contributed by atoms with E-state index >= 15 is 0 Å². The Kier molecular flexibility index (Phi) is 9.43. The van der Waals surface area contributed by atoms with Crippen LogP contribution in [0.25, 0.3) is 97.4 Å². The number of nitrogens with zero attached hydrogens (tertiary/aromatic N) is 1. The average molecular weight is 832 g/mol. The van der Waals surface area contributed by atoms with E-state index in [0.29, 0.717) is 0 Å². The van der Waals surface area contributed by atoms with Gasteiger partial charge in [-0.15, -0.1) is 11.3 Å². The third kappa shape index (κ3) is 6.73. The molecule has 1 nitrogen and oxygen atoms in total. The Balaban J connectivity index is 1.03. The zero-order valence-electron chi connectivity index (χ0n) is 35.0. The number of rotatable bonds is 8. The summed E-state index contributed by atoms with van der Waals surface area (Å²) < 4.78 is 2.64. The lowest BCUT2D eigenvalue weighted by Gasteiger charge is -2.29. The Morgan fingerprint density at radius 3 is 1.44 bits per heavy atom. The van der Waals surface area contributed by atoms with E-state index in [1.54, 1.807) is 0 Å². The Labute approximate surface area is 377 Å². The molecule has 0 saturated heterocycles. The van der Waals surface area contributed by atoms with Gasteiger partial charge in [-0.25, -0.2) is 0 Å². The van der Waals surface area contributed by atoms with Crippen molar-refractivity contribution < 1.29 is 0 Å². The molecule has 0 aliphatic rings. The van der Waals surface area contributed by atoms with Gasteiger partial charge in [0.25, 0.3) is 0 Å². The number of fused-ring (bicyclic) bond motifs is 6. The van der Waals surface area contributed by atoms with Crippen molar-refractivity contribution in [1.82, 2.24) is 0 Å². The van der Waals surface area contributed by atoms with Gasteiger partial charge in [0.15, 0.2) is 0 Å². The minimum absolute atomic E-state index is 1.08. The molecule has 64 heavy (non-hydrogen) atoms. The summed E-state index contributed by atoms with van der Waals surface area (Å²) in [5.41, 5.74) is 15.3. The van der Waals surface area contributed by atoms with Crippen molar-refractivity contribution >= 4 is 70.1 Å². The Bertz CT molecular complexity index is 3630. The van der Waals surface area contributed by atoms with E-state index in [1.807, 2.05) is 11.3 Å². The fourth-order valence-corrected chi connectivity index (χ4v) is 10.8. The van der Waals surface area contributed by atoms with Crippen molar-refractivity contribution in [2.24, 2.45) is 0 Å². The van der Waals surface area contributed by atoms with Crippen molar-refractivity contribution in [2.45, 2.75) is 0 Å². The Hall–Kier alpha value is -8.04. The van der Waals surface area contributed by atoms with E-state index in [-0.39, 0.29) is 0 Å². The van der Waals surface area contributed by atoms with E-state index in [1.165, 1.54) is 91.8 Å². The molecular weight excluding hydrogens is 791 g/mol. The van der Waals surface area contributed by atoms with Crippen molar-refractivity contribution in [1.29, 1.82) is 0 Å². The minimum Gasteiger partial charge on any atom is -0.310 e. The van der Waals surface area contributed by atoms with Crippen LogP contribution in [0.15, 0.2) is 249 Å².